The number of nitrogens with zero attached hydrogens (tertiary/aromatic N) is 1. The van der Waals surface area contributed by atoms with E-state index < -0.39 is 10.9 Å². The van der Waals surface area contributed by atoms with Crippen molar-refractivity contribution in [3.8, 4) is 5.75 Å². The van der Waals surface area contributed by atoms with Gasteiger partial charge >= 0.3 is 11.7 Å². The lowest BCUT2D eigenvalue weighted by Gasteiger charge is -2.10. The summed E-state index contributed by atoms with van der Waals surface area (Å²) in [6.07, 6.45) is 0. The first-order valence-corrected chi connectivity index (χ1v) is 5.94. The van der Waals surface area contributed by atoms with Gasteiger partial charge in [0.25, 0.3) is 0 Å². The maximum absolute atomic E-state index is 11.2. The summed E-state index contributed by atoms with van der Waals surface area (Å²) in [6, 6.07) is 10.6. The SMILES string of the molecule is COc1cccc(Nc2cccc(C(=O)O)c2)c1[N+](=O)[O-]. The summed E-state index contributed by atoms with van der Waals surface area (Å²) < 4.78 is 4.97. The number of aromatic carboxylic acids is 1. The van der Waals surface area contributed by atoms with Crippen LogP contribution in [0.1, 0.15) is 10.4 Å². The smallest absolute Gasteiger partial charge is 0.335 e. The highest BCUT2D eigenvalue weighted by Crippen LogP contribution is 2.36. The summed E-state index contributed by atoms with van der Waals surface area (Å²) in [7, 11) is 1.34. The molecule has 0 spiro atoms. The molecule has 2 rings (SSSR count). The molecule has 0 aliphatic carbocycles. The highest BCUT2D eigenvalue weighted by molar-refractivity contribution is 5.89. The molecular formula is C14H12N2O5. The number of carboxylic acid groups (broad SMARTS) is 1. The van der Waals surface area contributed by atoms with Gasteiger partial charge in [-0.1, -0.05) is 12.1 Å². The number of para-hydroxylation sites is 1. The van der Waals surface area contributed by atoms with Crippen LogP contribution in [0, 0.1) is 10.1 Å². The number of nitro benzene ring substituents is 1. The van der Waals surface area contributed by atoms with E-state index in [1.807, 2.05) is 0 Å². The molecule has 2 aromatic rings. The fourth-order valence-corrected chi connectivity index (χ4v) is 1.86. The number of carbonyl (C=O) groups is 1. The van der Waals surface area contributed by atoms with Crippen molar-refractivity contribution in [1.82, 2.24) is 0 Å². The lowest BCUT2D eigenvalue weighted by molar-refractivity contribution is -0.384. The average molecular weight is 288 g/mol. The quantitative estimate of drug-likeness (QED) is 0.647. The van der Waals surface area contributed by atoms with Gasteiger partial charge in [-0.25, -0.2) is 4.79 Å². The standard InChI is InChI=1S/C14H12N2O5/c1-21-12-7-3-6-11(13(12)16(19)20)15-10-5-2-4-9(8-10)14(17)18/h2-8,15H,1H3,(H,17,18). The second-order valence-corrected chi connectivity index (χ2v) is 4.12. The van der Waals surface area contributed by atoms with Crippen LogP contribution in [0.2, 0.25) is 0 Å². The zero-order valence-electron chi connectivity index (χ0n) is 11.1. The highest BCUT2D eigenvalue weighted by atomic mass is 16.6. The summed E-state index contributed by atoms with van der Waals surface area (Å²) in [5.74, 6) is -0.946. The minimum Gasteiger partial charge on any atom is -0.490 e. The molecule has 0 heterocycles. The van der Waals surface area contributed by atoms with Gasteiger partial charge in [-0.05, 0) is 30.3 Å². The van der Waals surface area contributed by atoms with Crippen LogP contribution in [-0.2, 0) is 0 Å². The van der Waals surface area contributed by atoms with E-state index >= 15 is 0 Å². The first kappa shape index (κ1) is 14.3. The third-order valence-corrected chi connectivity index (χ3v) is 2.79. The van der Waals surface area contributed by atoms with Gasteiger partial charge in [0.2, 0.25) is 0 Å². The van der Waals surface area contributed by atoms with Gasteiger partial charge < -0.3 is 15.2 Å². The number of nitro groups is 1. The highest BCUT2D eigenvalue weighted by Gasteiger charge is 2.20. The van der Waals surface area contributed by atoms with Gasteiger partial charge in [0, 0.05) is 5.69 Å². The number of hydrogen-bond acceptors (Lipinski definition) is 5. The van der Waals surface area contributed by atoms with Crippen LogP contribution in [0.3, 0.4) is 0 Å². The maximum atomic E-state index is 11.2. The molecule has 0 aromatic heterocycles. The van der Waals surface area contributed by atoms with Crippen molar-refractivity contribution in [2.45, 2.75) is 0 Å². The third-order valence-electron chi connectivity index (χ3n) is 2.79. The number of carboxylic acids is 1. The first-order chi connectivity index (χ1) is 10.0. The van der Waals surface area contributed by atoms with E-state index in [0.717, 1.165) is 0 Å². The van der Waals surface area contributed by atoms with Crippen LogP contribution in [0.25, 0.3) is 0 Å². The Morgan fingerprint density at radius 1 is 1.29 bits per heavy atom. The molecule has 0 bridgehead atoms. The van der Waals surface area contributed by atoms with Crippen molar-refractivity contribution in [3.05, 3.63) is 58.1 Å². The van der Waals surface area contributed by atoms with E-state index in [0.29, 0.717) is 5.69 Å². The molecule has 0 aliphatic rings. The molecule has 7 heteroatoms. The second kappa shape index (κ2) is 5.91. The Morgan fingerprint density at radius 2 is 2.00 bits per heavy atom. The molecule has 0 unspecified atom stereocenters. The maximum Gasteiger partial charge on any atom is 0.335 e. The Kier molecular flexibility index (Phi) is 4.03. The molecule has 0 saturated heterocycles. The fraction of sp³-hybridized carbons (Fsp3) is 0.0714. The van der Waals surface area contributed by atoms with Crippen molar-refractivity contribution < 1.29 is 19.6 Å². The Balaban J connectivity index is 2.42. The molecule has 0 aliphatic heterocycles. The molecule has 0 amide bonds. The Hall–Kier alpha value is -3.09. The Morgan fingerprint density at radius 3 is 2.62 bits per heavy atom. The molecule has 21 heavy (non-hydrogen) atoms. The summed E-state index contributed by atoms with van der Waals surface area (Å²) in [6.45, 7) is 0. The average Bonchev–Trinajstić information content (AvgIpc) is 2.46. The predicted octanol–water partition coefficient (Wildman–Crippen LogP) is 3.05. The van der Waals surface area contributed by atoms with Gasteiger partial charge in [-0.15, -0.1) is 0 Å². The molecule has 108 valence electrons. The van der Waals surface area contributed by atoms with Gasteiger partial charge in [-0.2, -0.15) is 0 Å². The van der Waals surface area contributed by atoms with Gasteiger partial charge in [0.05, 0.1) is 17.6 Å². The van der Waals surface area contributed by atoms with E-state index in [1.165, 1.54) is 31.4 Å². The number of anilines is 2. The van der Waals surface area contributed by atoms with Crippen molar-refractivity contribution >= 4 is 23.0 Å². The third kappa shape index (κ3) is 3.08. The Labute approximate surface area is 119 Å². The minimum atomic E-state index is -1.07. The number of ether oxygens (including phenoxy) is 1. The summed E-state index contributed by atoms with van der Waals surface area (Å²) >= 11 is 0. The molecule has 0 atom stereocenters. The largest absolute Gasteiger partial charge is 0.490 e. The number of methoxy groups -OCH3 is 1. The van der Waals surface area contributed by atoms with Crippen LogP contribution >= 0.6 is 0 Å². The zero-order chi connectivity index (χ0) is 15.4. The van der Waals surface area contributed by atoms with Gasteiger partial charge in [-0.3, -0.25) is 10.1 Å². The zero-order valence-corrected chi connectivity index (χ0v) is 11.1. The molecular weight excluding hydrogens is 276 g/mol. The van der Waals surface area contributed by atoms with Gasteiger partial charge in [0.1, 0.15) is 5.69 Å². The van der Waals surface area contributed by atoms with E-state index in [9.17, 15) is 14.9 Å². The normalized spacial score (nSPS) is 9.95. The van der Waals surface area contributed by atoms with Gasteiger partial charge in [0.15, 0.2) is 5.75 Å². The van der Waals surface area contributed by atoms with E-state index in [-0.39, 0.29) is 22.7 Å². The van der Waals surface area contributed by atoms with Crippen LogP contribution in [-0.4, -0.2) is 23.1 Å². The lowest BCUT2D eigenvalue weighted by Crippen LogP contribution is -2.01. The topological polar surface area (TPSA) is 102 Å². The second-order valence-electron chi connectivity index (χ2n) is 4.12. The lowest BCUT2D eigenvalue weighted by atomic mass is 10.2. The van der Waals surface area contributed by atoms with Crippen LogP contribution in [0.5, 0.6) is 5.75 Å². The van der Waals surface area contributed by atoms with Crippen molar-refractivity contribution in [3.63, 3.8) is 0 Å². The number of hydrogen-bond donors (Lipinski definition) is 2. The van der Waals surface area contributed by atoms with Crippen LogP contribution in [0.15, 0.2) is 42.5 Å². The monoisotopic (exact) mass is 288 g/mol. The molecule has 7 nitrogen and oxygen atoms in total. The predicted molar refractivity (Wildman–Crippen MR) is 76.3 cm³/mol. The first-order valence-electron chi connectivity index (χ1n) is 5.94. The van der Waals surface area contributed by atoms with Crippen LogP contribution in [0.4, 0.5) is 17.1 Å². The van der Waals surface area contributed by atoms with Crippen molar-refractivity contribution in [1.29, 1.82) is 0 Å². The summed E-state index contributed by atoms with van der Waals surface area (Å²) in [5, 5.41) is 22.9. The van der Waals surface area contributed by atoms with E-state index in [2.05, 4.69) is 5.32 Å². The van der Waals surface area contributed by atoms with E-state index in [1.54, 1.807) is 18.2 Å². The molecule has 2 N–H and O–H groups in total. The molecule has 0 saturated carbocycles. The van der Waals surface area contributed by atoms with Crippen molar-refractivity contribution in [2.24, 2.45) is 0 Å². The Bertz CT molecular complexity index is 700. The van der Waals surface area contributed by atoms with Crippen molar-refractivity contribution in [2.75, 3.05) is 12.4 Å². The molecule has 0 fully saturated rings. The number of nitrogens with one attached hydrogen (secondary N) is 1. The van der Waals surface area contributed by atoms with Crippen LogP contribution < -0.4 is 10.1 Å². The number of benzene rings is 2. The fourth-order valence-electron chi connectivity index (χ4n) is 1.86. The minimum absolute atomic E-state index is 0.0885. The molecule has 0 radical (unpaired) electrons. The van der Waals surface area contributed by atoms with E-state index in [4.69, 9.17) is 9.84 Å². The number of rotatable bonds is 5. The molecule has 2 aromatic carbocycles. The summed E-state index contributed by atoms with van der Waals surface area (Å²) in [4.78, 5) is 21.5. The summed E-state index contributed by atoms with van der Waals surface area (Å²) in [5.41, 5.74) is 0.541.